The van der Waals surface area contributed by atoms with Gasteiger partial charge in [0.25, 0.3) is 11.8 Å². The van der Waals surface area contributed by atoms with Crippen molar-refractivity contribution in [1.29, 1.82) is 0 Å². The number of carbonyl (C=O) groups is 1. The van der Waals surface area contributed by atoms with Crippen LogP contribution in [0, 0.1) is 0 Å². The third kappa shape index (κ3) is 3.21. The molecule has 0 aliphatic heterocycles. The molecule has 0 radical (unpaired) electrons. The van der Waals surface area contributed by atoms with Gasteiger partial charge in [0, 0.05) is 11.9 Å². The van der Waals surface area contributed by atoms with Crippen molar-refractivity contribution in [2.24, 2.45) is 0 Å². The second kappa shape index (κ2) is 4.26. The Morgan fingerprint density at radius 1 is 1.67 bits per heavy atom. The molecule has 0 aromatic carbocycles. The van der Waals surface area contributed by atoms with Gasteiger partial charge < -0.3 is 21.1 Å². The first kappa shape index (κ1) is 11.4. The van der Waals surface area contributed by atoms with E-state index >= 15 is 0 Å². The average Bonchev–Trinajstić information content (AvgIpc) is 2.61. The van der Waals surface area contributed by atoms with Crippen LogP contribution in [-0.2, 0) is 0 Å². The molecular formula is C8H11F2N3O2. The molecule has 84 valence electrons. The highest BCUT2D eigenvalue weighted by atomic mass is 19.3. The van der Waals surface area contributed by atoms with Crippen LogP contribution >= 0.6 is 0 Å². The molecule has 5 nitrogen and oxygen atoms in total. The van der Waals surface area contributed by atoms with Crippen molar-refractivity contribution in [2.45, 2.75) is 5.92 Å². The zero-order valence-electron chi connectivity index (χ0n) is 7.76. The molecule has 0 unspecified atom stereocenters. The van der Waals surface area contributed by atoms with Crippen LogP contribution in [0.5, 0.6) is 0 Å². The van der Waals surface area contributed by atoms with Crippen molar-refractivity contribution in [2.75, 3.05) is 18.9 Å². The number of hydrogen-bond acceptors (Lipinski definition) is 3. The van der Waals surface area contributed by atoms with Crippen molar-refractivity contribution in [1.82, 2.24) is 10.3 Å². The summed E-state index contributed by atoms with van der Waals surface area (Å²) in [7, 11) is 0. The number of anilines is 1. The summed E-state index contributed by atoms with van der Waals surface area (Å²) in [5.74, 6) is -4.01. The molecule has 0 fully saturated rings. The molecule has 0 spiro atoms. The Balaban J connectivity index is 2.50. The summed E-state index contributed by atoms with van der Waals surface area (Å²) in [6.07, 6.45) is 1.37. The van der Waals surface area contributed by atoms with E-state index in [-0.39, 0.29) is 5.69 Å². The van der Waals surface area contributed by atoms with Crippen molar-refractivity contribution in [3.63, 3.8) is 0 Å². The van der Waals surface area contributed by atoms with Gasteiger partial charge in [0.15, 0.2) is 0 Å². The number of aliphatic hydroxyl groups is 1. The van der Waals surface area contributed by atoms with E-state index in [1.165, 1.54) is 12.3 Å². The largest absolute Gasteiger partial charge is 0.397 e. The maximum absolute atomic E-state index is 12.5. The zero-order valence-corrected chi connectivity index (χ0v) is 7.76. The molecule has 15 heavy (non-hydrogen) atoms. The first-order valence-electron chi connectivity index (χ1n) is 4.15. The zero-order chi connectivity index (χ0) is 11.5. The van der Waals surface area contributed by atoms with Gasteiger partial charge in [-0.25, -0.2) is 8.78 Å². The summed E-state index contributed by atoms with van der Waals surface area (Å²) < 4.78 is 25.1. The van der Waals surface area contributed by atoms with Gasteiger partial charge in [0.2, 0.25) is 0 Å². The fourth-order valence-corrected chi connectivity index (χ4v) is 0.903. The number of rotatable bonds is 4. The van der Waals surface area contributed by atoms with E-state index in [9.17, 15) is 13.6 Å². The third-order valence-corrected chi connectivity index (χ3v) is 1.69. The Morgan fingerprint density at radius 2 is 2.33 bits per heavy atom. The molecule has 0 saturated carbocycles. The Hall–Kier alpha value is -1.63. The number of nitrogens with one attached hydrogen (secondary N) is 2. The van der Waals surface area contributed by atoms with Crippen LogP contribution < -0.4 is 11.1 Å². The SMILES string of the molecule is Nc1c[nH]c(C(=O)NCC(F)(F)CO)c1. The average molecular weight is 219 g/mol. The number of aromatic nitrogens is 1. The van der Waals surface area contributed by atoms with Gasteiger partial charge in [-0.1, -0.05) is 0 Å². The molecule has 5 N–H and O–H groups in total. The summed E-state index contributed by atoms with van der Waals surface area (Å²) in [5, 5.41) is 10.2. The van der Waals surface area contributed by atoms with E-state index in [1.807, 2.05) is 5.32 Å². The summed E-state index contributed by atoms with van der Waals surface area (Å²) in [6.45, 7) is -2.22. The van der Waals surface area contributed by atoms with Gasteiger partial charge in [-0.05, 0) is 6.07 Å². The van der Waals surface area contributed by atoms with Crippen molar-refractivity contribution in [3.05, 3.63) is 18.0 Å². The van der Waals surface area contributed by atoms with Gasteiger partial charge in [-0.2, -0.15) is 0 Å². The van der Waals surface area contributed by atoms with Crippen molar-refractivity contribution >= 4 is 11.6 Å². The Morgan fingerprint density at radius 3 is 2.80 bits per heavy atom. The molecule has 0 aliphatic rings. The monoisotopic (exact) mass is 219 g/mol. The lowest BCUT2D eigenvalue weighted by atomic mass is 10.3. The maximum Gasteiger partial charge on any atom is 0.287 e. The number of H-pyrrole nitrogens is 1. The molecule has 1 aromatic heterocycles. The van der Waals surface area contributed by atoms with E-state index in [0.717, 1.165) is 0 Å². The molecule has 1 heterocycles. The third-order valence-electron chi connectivity index (χ3n) is 1.69. The predicted octanol–water partition coefficient (Wildman–Crippen LogP) is -0.0457. The summed E-state index contributed by atoms with van der Waals surface area (Å²) in [6, 6.07) is 1.33. The van der Waals surface area contributed by atoms with Gasteiger partial charge in [0.1, 0.15) is 12.3 Å². The number of aromatic amines is 1. The van der Waals surface area contributed by atoms with Gasteiger partial charge in [-0.15, -0.1) is 0 Å². The smallest absolute Gasteiger partial charge is 0.287 e. The van der Waals surface area contributed by atoms with E-state index in [1.54, 1.807) is 0 Å². The first-order valence-corrected chi connectivity index (χ1v) is 4.15. The minimum absolute atomic E-state index is 0.0984. The summed E-state index contributed by atoms with van der Waals surface area (Å²) >= 11 is 0. The van der Waals surface area contributed by atoms with Crippen LogP contribution in [0.3, 0.4) is 0 Å². The fourth-order valence-electron chi connectivity index (χ4n) is 0.903. The van der Waals surface area contributed by atoms with Crippen molar-refractivity contribution < 1.29 is 18.7 Å². The van der Waals surface area contributed by atoms with Gasteiger partial charge >= 0.3 is 0 Å². The molecule has 1 amide bonds. The van der Waals surface area contributed by atoms with Crippen LogP contribution in [0.25, 0.3) is 0 Å². The lowest BCUT2D eigenvalue weighted by molar-refractivity contribution is -0.0462. The molecule has 1 aromatic rings. The topological polar surface area (TPSA) is 91.1 Å². The Labute approximate surface area is 84.3 Å². The van der Waals surface area contributed by atoms with E-state index < -0.39 is 25.0 Å². The first-order chi connectivity index (χ1) is 6.94. The number of nitrogens with two attached hydrogens (primary N) is 1. The van der Waals surface area contributed by atoms with Crippen LogP contribution in [0.2, 0.25) is 0 Å². The summed E-state index contributed by atoms with van der Waals surface area (Å²) in [5.41, 5.74) is 5.77. The van der Waals surface area contributed by atoms with Crippen LogP contribution in [-0.4, -0.2) is 35.1 Å². The highest BCUT2D eigenvalue weighted by molar-refractivity contribution is 5.93. The van der Waals surface area contributed by atoms with Gasteiger partial charge in [-0.3, -0.25) is 4.79 Å². The van der Waals surface area contributed by atoms with Crippen LogP contribution in [0.1, 0.15) is 10.5 Å². The molecule has 1 rings (SSSR count). The summed E-state index contributed by atoms with van der Waals surface area (Å²) in [4.78, 5) is 13.7. The van der Waals surface area contributed by atoms with Crippen LogP contribution in [0.15, 0.2) is 12.3 Å². The minimum atomic E-state index is -3.31. The van der Waals surface area contributed by atoms with Gasteiger partial charge in [0.05, 0.1) is 6.54 Å². The van der Waals surface area contributed by atoms with E-state index in [0.29, 0.717) is 5.69 Å². The number of hydrogen-bond donors (Lipinski definition) is 4. The Kier molecular flexibility index (Phi) is 3.25. The lowest BCUT2D eigenvalue weighted by Gasteiger charge is -2.13. The number of nitrogen functional groups attached to an aromatic ring is 1. The fraction of sp³-hybridized carbons (Fsp3) is 0.375. The Bertz CT molecular complexity index is 351. The molecule has 0 saturated heterocycles. The number of carbonyl (C=O) groups excluding carboxylic acids is 1. The standard InChI is InChI=1S/C8H11F2N3O2/c9-8(10,4-14)3-13-7(15)6-1-5(11)2-12-6/h1-2,12,14H,3-4,11H2,(H,13,15). The number of aliphatic hydroxyl groups excluding tert-OH is 1. The molecule has 0 bridgehead atoms. The quantitative estimate of drug-likeness (QED) is 0.572. The highest BCUT2D eigenvalue weighted by Gasteiger charge is 2.28. The van der Waals surface area contributed by atoms with E-state index in [4.69, 9.17) is 10.8 Å². The molecule has 0 atom stereocenters. The second-order valence-corrected chi connectivity index (χ2v) is 3.04. The number of alkyl halides is 2. The molecular weight excluding hydrogens is 208 g/mol. The van der Waals surface area contributed by atoms with E-state index in [2.05, 4.69) is 4.98 Å². The lowest BCUT2D eigenvalue weighted by Crippen LogP contribution is -2.39. The number of halogens is 2. The highest BCUT2D eigenvalue weighted by Crippen LogP contribution is 2.10. The minimum Gasteiger partial charge on any atom is -0.397 e. The number of amides is 1. The molecule has 0 aliphatic carbocycles. The second-order valence-electron chi connectivity index (χ2n) is 3.04. The normalized spacial score (nSPS) is 11.4. The van der Waals surface area contributed by atoms with Crippen molar-refractivity contribution in [3.8, 4) is 0 Å². The maximum atomic E-state index is 12.5. The molecule has 7 heteroatoms. The predicted molar refractivity (Wildman–Crippen MR) is 49.6 cm³/mol. The van der Waals surface area contributed by atoms with Crippen LogP contribution in [0.4, 0.5) is 14.5 Å².